The van der Waals surface area contributed by atoms with E-state index >= 15 is 0 Å². The second-order valence-corrected chi connectivity index (χ2v) is 6.31. The Morgan fingerprint density at radius 3 is 2.54 bits per heavy atom. The van der Waals surface area contributed by atoms with Gasteiger partial charge in [-0.3, -0.25) is 4.79 Å². The molecule has 0 radical (unpaired) electrons. The van der Waals surface area contributed by atoms with Gasteiger partial charge in [-0.2, -0.15) is 0 Å². The molecule has 0 atom stereocenters. The Morgan fingerprint density at radius 2 is 1.83 bits per heavy atom. The van der Waals surface area contributed by atoms with E-state index in [1.165, 1.54) is 12.1 Å². The van der Waals surface area contributed by atoms with Gasteiger partial charge in [0, 0.05) is 13.1 Å². The maximum atomic E-state index is 12.9. The number of amides is 1. The first-order valence-electron chi connectivity index (χ1n) is 8.32. The lowest BCUT2D eigenvalue weighted by Gasteiger charge is -2.30. The van der Waals surface area contributed by atoms with E-state index in [9.17, 15) is 9.18 Å². The van der Waals surface area contributed by atoms with Gasteiger partial charge in [0.15, 0.2) is 0 Å². The van der Waals surface area contributed by atoms with Crippen molar-refractivity contribution in [3.05, 3.63) is 65.2 Å². The lowest BCUT2D eigenvalue weighted by Crippen LogP contribution is -2.38. The highest BCUT2D eigenvalue weighted by Gasteiger charge is 2.22. The predicted molar refractivity (Wildman–Crippen MR) is 93.9 cm³/mol. The van der Waals surface area contributed by atoms with Crippen molar-refractivity contribution in [2.24, 2.45) is 5.92 Å². The van der Waals surface area contributed by atoms with E-state index in [1.54, 1.807) is 18.2 Å². The summed E-state index contributed by atoms with van der Waals surface area (Å²) in [5, 5.41) is 0. The molecule has 2 heterocycles. The molecule has 1 saturated heterocycles. The minimum atomic E-state index is -0.256. The smallest absolute Gasteiger partial charge is 0.272 e. The number of likely N-dealkylation sites (tertiary alicyclic amines) is 1. The van der Waals surface area contributed by atoms with E-state index in [4.69, 9.17) is 0 Å². The van der Waals surface area contributed by atoms with Crippen molar-refractivity contribution in [1.82, 2.24) is 9.88 Å². The molecule has 2 aromatic rings. The van der Waals surface area contributed by atoms with Crippen molar-refractivity contribution < 1.29 is 9.18 Å². The van der Waals surface area contributed by atoms with E-state index in [1.807, 2.05) is 29.2 Å². The molecular formula is C20H21FN2O. The van der Waals surface area contributed by atoms with Crippen LogP contribution >= 0.6 is 0 Å². The summed E-state index contributed by atoms with van der Waals surface area (Å²) in [5.41, 5.74) is 2.08. The average Bonchev–Trinajstić information content (AvgIpc) is 2.61. The first-order chi connectivity index (χ1) is 11.6. The molecule has 3 nitrogen and oxygen atoms in total. The molecule has 1 fully saturated rings. The van der Waals surface area contributed by atoms with E-state index in [2.05, 4.69) is 11.9 Å². The zero-order valence-corrected chi connectivity index (χ0v) is 13.8. The summed E-state index contributed by atoms with van der Waals surface area (Å²) >= 11 is 0. The van der Waals surface area contributed by atoms with Crippen LogP contribution in [0.3, 0.4) is 0 Å². The van der Waals surface area contributed by atoms with Crippen molar-refractivity contribution >= 4 is 18.1 Å². The first kappa shape index (κ1) is 16.4. The fraction of sp³-hybridized carbons (Fsp3) is 0.300. The van der Waals surface area contributed by atoms with Crippen molar-refractivity contribution in [2.45, 2.75) is 19.8 Å². The standard InChI is InChI=1S/C20H21FN2O/c1-15-11-13-23(14-12-15)20(24)19-4-2-3-18(22-19)10-7-16-5-8-17(21)9-6-16/h2-10,15H,11-14H2,1H3. The zero-order chi connectivity index (χ0) is 16.9. The topological polar surface area (TPSA) is 33.2 Å². The molecule has 0 unspecified atom stereocenters. The number of carbonyl (C=O) groups is 1. The number of hydrogen-bond acceptors (Lipinski definition) is 2. The van der Waals surface area contributed by atoms with Crippen LogP contribution in [-0.4, -0.2) is 28.9 Å². The van der Waals surface area contributed by atoms with Gasteiger partial charge in [-0.25, -0.2) is 9.37 Å². The van der Waals surface area contributed by atoms with Gasteiger partial charge in [0.05, 0.1) is 5.69 Å². The van der Waals surface area contributed by atoms with Gasteiger partial charge in [0.2, 0.25) is 0 Å². The van der Waals surface area contributed by atoms with Crippen molar-refractivity contribution in [3.63, 3.8) is 0 Å². The van der Waals surface area contributed by atoms with Gasteiger partial charge in [-0.1, -0.05) is 31.2 Å². The molecule has 1 amide bonds. The van der Waals surface area contributed by atoms with Crippen molar-refractivity contribution in [2.75, 3.05) is 13.1 Å². The Morgan fingerprint density at radius 1 is 1.12 bits per heavy atom. The number of nitrogens with zero attached hydrogens (tertiary/aromatic N) is 2. The van der Waals surface area contributed by atoms with Crippen LogP contribution in [0, 0.1) is 11.7 Å². The molecular weight excluding hydrogens is 303 g/mol. The van der Waals surface area contributed by atoms with E-state index in [-0.39, 0.29) is 11.7 Å². The molecule has 0 bridgehead atoms. The maximum Gasteiger partial charge on any atom is 0.272 e. The predicted octanol–water partition coefficient (Wildman–Crippen LogP) is 4.26. The summed E-state index contributed by atoms with van der Waals surface area (Å²) in [4.78, 5) is 18.9. The number of hydrogen-bond donors (Lipinski definition) is 0. The maximum absolute atomic E-state index is 12.9. The molecule has 3 rings (SSSR count). The molecule has 1 aromatic heterocycles. The van der Waals surface area contributed by atoms with Gasteiger partial charge in [-0.05, 0) is 54.7 Å². The summed E-state index contributed by atoms with van der Waals surface area (Å²) in [6.45, 7) is 3.83. The van der Waals surface area contributed by atoms with Crippen LogP contribution in [0.5, 0.6) is 0 Å². The molecule has 1 aliphatic heterocycles. The van der Waals surface area contributed by atoms with Crippen LogP contribution in [0.15, 0.2) is 42.5 Å². The number of halogens is 1. The second-order valence-electron chi connectivity index (χ2n) is 6.31. The lowest BCUT2D eigenvalue weighted by molar-refractivity contribution is 0.0691. The fourth-order valence-electron chi connectivity index (χ4n) is 2.79. The van der Waals surface area contributed by atoms with Crippen LogP contribution in [0.4, 0.5) is 4.39 Å². The highest BCUT2D eigenvalue weighted by atomic mass is 19.1. The molecule has 0 spiro atoms. The van der Waals surface area contributed by atoms with Crippen molar-refractivity contribution in [3.8, 4) is 0 Å². The Hall–Kier alpha value is -2.49. The Labute approximate surface area is 141 Å². The third kappa shape index (κ3) is 4.07. The zero-order valence-electron chi connectivity index (χ0n) is 13.8. The van der Waals surface area contributed by atoms with Crippen LogP contribution in [0.1, 0.15) is 41.5 Å². The monoisotopic (exact) mass is 324 g/mol. The minimum absolute atomic E-state index is 0.000989. The summed E-state index contributed by atoms with van der Waals surface area (Å²) in [7, 11) is 0. The number of rotatable bonds is 3. The largest absolute Gasteiger partial charge is 0.337 e. The van der Waals surface area contributed by atoms with Gasteiger partial charge in [0.1, 0.15) is 11.5 Å². The van der Waals surface area contributed by atoms with Gasteiger partial charge in [-0.15, -0.1) is 0 Å². The van der Waals surface area contributed by atoms with Gasteiger partial charge < -0.3 is 4.90 Å². The summed E-state index contributed by atoms with van der Waals surface area (Å²) in [6, 6.07) is 11.7. The molecule has 0 N–H and O–H groups in total. The highest BCUT2D eigenvalue weighted by molar-refractivity contribution is 5.92. The molecule has 124 valence electrons. The second kappa shape index (κ2) is 7.39. The summed E-state index contributed by atoms with van der Waals surface area (Å²) in [6.07, 6.45) is 5.80. The quantitative estimate of drug-likeness (QED) is 0.845. The third-order valence-corrected chi connectivity index (χ3v) is 4.38. The number of pyridine rings is 1. The Balaban J connectivity index is 1.71. The highest BCUT2D eigenvalue weighted by Crippen LogP contribution is 2.18. The van der Waals surface area contributed by atoms with Crippen molar-refractivity contribution in [1.29, 1.82) is 0 Å². The number of aromatic nitrogens is 1. The number of piperidine rings is 1. The fourth-order valence-corrected chi connectivity index (χ4v) is 2.79. The molecule has 0 aliphatic carbocycles. The lowest BCUT2D eigenvalue weighted by atomic mass is 9.99. The van der Waals surface area contributed by atoms with Crippen LogP contribution in [-0.2, 0) is 0 Å². The van der Waals surface area contributed by atoms with Gasteiger partial charge in [0.25, 0.3) is 5.91 Å². The number of carbonyl (C=O) groups excluding carboxylic acids is 1. The van der Waals surface area contributed by atoms with Crippen LogP contribution in [0.25, 0.3) is 12.2 Å². The van der Waals surface area contributed by atoms with Crippen LogP contribution < -0.4 is 0 Å². The van der Waals surface area contributed by atoms with E-state index < -0.39 is 0 Å². The van der Waals surface area contributed by atoms with E-state index in [0.29, 0.717) is 11.6 Å². The number of benzene rings is 1. The van der Waals surface area contributed by atoms with Gasteiger partial charge >= 0.3 is 0 Å². The summed E-state index contributed by atoms with van der Waals surface area (Å²) < 4.78 is 12.9. The average molecular weight is 324 g/mol. The molecule has 1 aliphatic rings. The van der Waals surface area contributed by atoms with E-state index in [0.717, 1.165) is 37.2 Å². The molecule has 24 heavy (non-hydrogen) atoms. The minimum Gasteiger partial charge on any atom is -0.337 e. The molecule has 0 saturated carbocycles. The third-order valence-electron chi connectivity index (χ3n) is 4.38. The Kier molecular flexibility index (Phi) is 5.04. The first-order valence-corrected chi connectivity index (χ1v) is 8.32. The summed E-state index contributed by atoms with van der Waals surface area (Å²) in [5.74, 6) is 0.430. The molecule has 4 heteroatoms. The SMILES string of the molecule is CC1CCN(C(=O)c2cccc(C=Cc3ccc(F)cc3)n2)CC1. The molecule has 1 aromatic carbocycles. The normalized spacial score (nSPS) is 15.8. The van der Waals surface area contributed by atoms with Crippen LogP contribution in [0.2, 0.25) is 0 Å². The Bertz CT molecular complexity index is 732.